The first-order valence-corrected chi connectivity index (χ1v) is 7.22. The molecule has 4 heteroatoms. The molecule has 1 aliphatic carbocycles. The lowest BCUT2D eigenvalue weighted by atomic mass is 10.0. The van der Waals surface area contributed by atoms with Crippen LogP contribution in [0.25, 0.3) is 11.0 Å². The van der Waals surface area contributed by atoms with E-state index >= 15 is 0 Å². The fourth-order valence-corrected chi connectivity index (χ4v) is 2.92. The molecule has 19 heavy (non-hydrogen) atoms. The summed E-state index contributed by atoms with van der Waals surface area (Å²) in [5, 5.41) is 3.54. The van der Waals surface area contributed by atoms with E-state index in [-0.39, 0.29) is 0 Å². The zero-order chi connectivity index (χ0) is 13.2. The van der Waals surface area contributed by atoms with Gasteiger partial charge < -0.3 is 16.0 Å². The summed E-state index contributed by atoms with van der Waals surface area (Å²) in [5.41, 5.74) is 8.53. The molecule has 3 rings (SSSR count). The van der Waals surface area contributed by atoms with Crippen LogP contribution < -0.4 is 11.1 Å². The van der Waals surface area contributed by atoms with Crippen LogP contribution in [0.3, 0.4) is 0 Å². The number of rotatable bonds is 2. The number of nitrogens with two attached hydrogens (primary N) is 1. The third-order valence-corrected chi connectivity index (χ3v) is 4.10. The summed E-state index contributed by atoms with van der Waals surface area (Å²) in [6.45, 7) is 2.35. The molecule has 1 aliphatic rings. The Morgan fingerprint density at radius 1 is 1.26 bits per heavy atom. The van der Waals surface area contributed by atoms with Crippen molar-refractivity contribution in [2.75, 3.05) is 11.1 Å². The van der Waals surface area contributed by atoms with Gasteiger partial charge in [0.1, 0.15) is 0 Å². The van der Waals surface area contributed by atoms with Crippen LogP contribution in [0.15, 0.2) is 18.2 Å². The molecular weight excluding hydrogens is 236 g/mol. The summed E-state index contributed by atoms with van der Waals surface area (Å²) in [5.74, 6) is 1.74. The lowest BCUT2D eigenvalue weighted by molar-refractivity contribution is 0.501. The van der Waals surface area contributed by atoms with Crippen molar-refractivity contribution in [1.29, 1.82) is 0 Å². The van der Waals surface area contributed by atoms with E-state index in [0.717, 1.165) is 28.6 Å². The van der Waals surface area contributed by atoms with Crippen molar-refractivity contribution in [2.45, 2.75) is 45.1 Å². The number of benzene rings is 1. The van der Waals surface area contributed by atoms with Gasteiger partial charge in [0, 0.05) is 11.7 Å². The number of H-pyrrole nitrogens is 1. The average molecular weight is 258 g/mol. The first-order chi connectivity index (χ1) is 9.20. The Bertz CT molecular complexity index is 560. The Morgan fingerprint density at radius 2 is 2.16 bits per heavy atom. The number of nitrogens with zero attached hydrogens (tertiary/aromatic N) is 1. The van der Waals surface area contributed by atoms with Crippen LogP contribution in [0.2, 0.25) is 0 Å². The first kappa shape index (κ1) is 12.3. The maximum Gasteiger partial charge on any atom is 0.201 e. The largest absolute Gasteiger partial charge is 0.399 e. The van der Waals surface area contributed by atoms with Crippen molar-refractivity contribution in [3.8, 4) is 0 Å². The number of nitrogens with one attached hydrogen (secondary N) is 2. The lowest BCUT2D eigenvalue weighted by Crippen LogP contribution is -2.19. The number of imidazole rings is 1. The molecule has 2 unspecified atom stereocenters. The molecule has 2 atom stereocenters. The van der Waals surface area contributed by atoms with Gasteiger partial charge in [0.05, 0.1) is 11.0 Å². The minimum atomic E-state index is 0.544. The number of hydrogen-bond donors (Lipinski definition) is 3. The summed E-state index contributed by atoms with van der Waals surface area (Å²) >= 11 is 0. The Morgan fingerprint density at radius 3 is 3.05 bits per heavy atom. The van der Waals surface area contributed by atoms with Gasteiger partial charge in [0.25, 0.3) is 0 Å². The predicted octanol–water partition coefficient (Wildman–Crippen LogP) is 3.53. The third-order valence-electron chi connectivity index (χ3n) is 4.10. The number of aromatic amines is 1. The molecule has 1 heterocycles. The van der Waals surface area contributed by atoms with Crippen LogP contribution in [0.4, 0.5) is 11.6 Å². The van der Waals surface area contributed by atoms with Gasteiger partial charge >= 0.3 is 0 Å². The lowest BCUT2D eigenvalue weighted by Gasteiger charge is -2.15. The van der Waals surface area contributed by atoms with E-state index < -0.39 is 0 Å². The maximum atomic E-state index is 5.79. The highest BCUT2D eigenvalue weighted by Crippen LogP contribution is 2.25. The van der Waals surface area contributed by atoms with E-state index in [1.165, 1.54) is 32.1 Å². The number of anilines is 2. The number of aromatic nitrogens is 2. The summed E-state index contributed by atoms with van der Waals surface area (Å²) in [6, 6.07) is 6.33. The van der Waals surface area contributed by atoms with Crippen molar-refractivity contribution in [3.05, 3.63) is 18.2 Å². The second kappa shape index (κ2) is 5.11. The predicted molar refractivity (Wildman–Crippen MR) is 80.2 cm³/mol. The Hall–Kier alpha value is -1.71. The molecule has 0 bridgehead atoms. The molecule has 0 radical (unpaired) electrons. The molecule has 102 valence electrons. The van der Waals surface area contributed by atoms with E-state index in [2.05, 4.69) is 22.2 Å². The van der Waals surface area contributed by atoms with Crippen molar-refractivity contribution in [1.82, 2.24) is 9.97 Å². The van der Waals surface area contributed by atoms with Gasteiger partial charge in [-0.25, -0.2) is 4.98 Å². The normalized spacial score (nSPS) is 24.3. The van der Waals surface area contributed by atoms with E-state index in [1.54, 1.807) is 0 Å². The number of nitrogen functional groups attached to an aromatic ring is 1. The van der Waals surface area contributed by atoms with Gasteiger partial charge in [-0.1, -0.05) is 19.8 Å². The van der Waals surface area contributed by atoms with Gasteiger partial charge in [-0.3, -0.25) is 0 Å². The molecule has 4 N–H and O–H groups in total. The smallest absolute Gasteiger partial charge is 0.201 e. The van der Waals surface area contributed by atoms with Crippen LogP contribution in [-0.2, 0) is 0 Å². The fraction of sp³-hybridized carbons (Fsp3) is 0.533. The molecule has 1 fully saturated rings. The Labute approximate surface area is 113 Å². The van der Waals surface area contributed by atoms with Gasteiger partial charge in [0.2, 0.25) is 5.95 Å². The highest BCUT2D eigenvalue weighted by molar-refractivity contribution is 5.80. The van der Waals surface area contributed by atoms with Gasteiger partial charge in [0.15, 0.2) is 0 Å². The van der Waals surface area contributed by atoms with E-state index in [1.807, 2.05) is 18.2 Å². The molecule has 1 saturated carbocycles. The molecule has 1 aromatic carbocycles. The molecule has 0 aliphatic heterocycles. The molecule has 1 aromatic heterocycles. The second-order valence-electron chi connectivity index (χ2n) is 5.82. The molecule has 0 amide bonds. The van der Waals surface area contributed by atoms with Crippen molar-refractivity contribution >= 4 is 22.7 Å². The summed E-state index contributed by atoms with van der Waals surface area (Å²) < 4.78 is 0. The minimum absolute atomic E-state index is 0.544. The van der Waals surface area contributed by atoms with Crippen molar-refractivity contribution < 1.29 is 0 Å². The van der Waals surface area contributed by atoms with Crippen LogP contribution >= 0.6 is 0 Å². The monoisotopic (exact) mass is 258 g/mol. The highest BCUT2D eigenvalue weighted by atomic mass is 15.1. The summed E-state index contributed by atoms with van der Waals surface area (Å²) in [4.78, 5) is 7.89. The molecule has 4 nitrogen and oxygen atoms in total. The molecule has 0 spiro atoms. The SMILES string of the molecule is CC1CCCC(Nc2nc3ccc(N)cc3[nH]2)CC1. The number of fused-ring (bicyclic) bond motifs is 1. The second-order valence-corrected chi connectivity index (χ2v) is 5.82. The van der Waals surface area contributed by atoms with Crippen LogP contribution in [-0.4, -0.2) is 16.0 Å². The van der Waals surface area contributed by atoms with E-state index in [0.29, 0.717) is 6.04 Å². The van der Waals surface area contributed by atoms with Gasteiger partial charge in [-0.2, -0.15) is 0 Å². The summed E-state index contributed by atoms with van der Waals surface area (Å²) in [7, 11) is 0. The average Bonchev–Trinajstić information content (AvgIpc) is 2.65. The maximum absolute atomic E-state index is 5.79. The van der Waals surface area contributed by atoms with Gasteiger partial charge in [-0.05, 0) is 43.4 Å². The van der Waals surface area contributed by atoms with Crippen LogP contribution in [0, 0.1) is 5.92 Å². The van der Waals surface area contributed by atoms with Crippen molar-refractivity contribution in [3.63, 3.8) is 0 Å². The Kier molecular flexibility index (Phi) is 3.32. The van der Waals surface area contributed by atoms with E-state index in [4.69, 9.17) is 5.73 Å². The van der Waals surface area contributed by atoms with Crippen LogP contribution in [0.5, 0.6) is 0 Å². The standard InChI is InChI=1S/C15H22N4/c1-10-3-2-4-12(7-5-10)17-15-18-13-8-6-11(16)9-14(13)19-15/h6,8-10,12H,2-5,7,16H2,1H3,(H2,17,18,19). The zero-order valence-corrected chi connectivity index (χ0v) is 11.4. The molecule has 0 saturated heterocycles. The minimum Gasteiger partial charge on any atom is -0.399 e. The topological polar surface area (TPSA) is 66.7 Å². The Balaban J connectivity index is 1.73. The van der Waals surface area contributed by atoms with Gasteiger partial charge in [-0.15, -0.1) is 0 Å². The molecular formula is C15H22N4. The first-order valence-electron chi connectivity index (χ1n) is 7.22. The van der Waals surface area contributed by atoms with E-state index in [9.17, 15) is 0 Å². The molecule has 2 aromatic rings. The highest BCUT2D eigenvalue weighted by Gasteiger charge is 2.17. The van der Waals surface area contributed by atoms with Crippen LogP contribution in [0.1, 0.15) is 39.0 Å². The summed E-state index contributed by atoms with van der Waals surface area (Å²) in [6.07, 6.45) is 6.45. The zero-order valence-electron chi connectivity index (χ0n) is 11.4. The third kappa shape index (κ3) is 2.83. The number of hydrogen-bond acceptors (Lipinski definition) is 3. The quantitative estimate of drug-likeness (QED) is 0.570. The fourth-order valence-electron chi connectivity index (χ4n) is 2.92. The van der Waals surface area contributed by atoms with Crippen molar-refractivity contribution in [2.24, 2.45) is 5.92 Å².